The maximum absolute atomic E-state index is 3.52. The summed E-state index contributed by atoms with van der Waals surface area (Å²) in [6, 6.07) is 6.46. The molecule has 1 aliphatic heterocycles. The largest absolute Gasteiger partial charge is 0.371 e. The highest BCUT2D eigenvalue weighted by molar-refractivity contribution is 9.11. The van der Waals surface area contributed by atoms with Gasteiger partial charge in [-0.15, -0.1) is 0 Å². The van der Waals surface area contributed by atoms with Crippen molar-refractivity contribution in [1.82, 2.24) is 0 Å². The van der Waals surface area contributed by atoms with Crippen molar-refractivity contribution in [3.05, 3.63) is 27.1 Å². The van der Waals surface area contributed by atoms with E-state index in [-0.39, 0.29) is 0 Å². The average molecular weight is 319 g/mol. The van der Waals surface area contributed by atoms with Crippen LogP contribution in [0.2, 0.25) is 0 Å². The smallest absolute Gasteiger partial charge is 0.0388 e. The van der Waals surface area contributed by atoms with Crippen molar-refractivity contribution < 1.29 is 0 Å². The van der Waals surface area contributed by atoms with Crippen LogP contribution in [0.15, 0.2) is 27.1 Å². The molecule has 1 nitrogen and oxygen atoms in total. The molecule has 1 aliphatic rings. The van der Waals surface area contributed by atoms with Crippen LogP contribution in [0.5, 0.6) is 0 Å². The first-order chi connectivity index (χ1) is 6.75. The van der Waals surface area contributed by atoms with Crippen molar-refractivity contribution in [2.75, 3.05) is 18.0 Å². The van der Waals surface area contributed by atoms with Gasteiger partial charge in [0.25, 0.3) is 0 Å². The minimum Gasteiger partial charge on any atom is -0.371 e. The molecule has 1 aromatic rings. The molecule has 1 heterocycles. The highest BCUT2D eigenvalue weighted by Gasteiger charge is 2.11. The number of halogens is 2. The molecule has 1 fully saturated rings. The Hall–Kier alpha value is -0.0200. The first-order valence-corrected chi connectivity index (χ1v) is 6.55. The maximum Gasteiger partial charge on any atom is 0.0388 e. The summed E-state index contributed by atoms with van der Waals surface area (Å²) in [6.07, 6.45) is 4.03. The lowest BCUT2D eigenvalue weighted by Gasteiger charge is -2.29. The zero-order chi connectivity index (χ0) is 9.97. The fraction of sp³-hybridized carbons (Fsp3) is 0.455. The molecule has 14 heavy (non-hydrogen) atoms. The number of benzene rings is 1. The molecule has 0 bridgehead atoms. The van der Waals surface area contributed by atoms with Crippen molar-refractivity contribution in [1.29, 1.82) is 0 Å². The molecule has 2 rings (SSSR count). The number of rotatable bonds is 1. The highest BCUT2D eigenvalue weighted by atomic mass is 79.9. The highest BCUT2D eigenvalue weighted by Crippen LogP contribution is 2.27. The second kappa shape index (κ2) is 4.67. The Morgan fingerprint density at radius 1 is 0.857 bits per heavy atom. The monoisotopic (exact) mass is 317 g/mol. The Morgan fingerprint density at radius 2 is 1.43 bits per heavy atom. The van der Waals surface area contributed by atoms with Gasteiger partial charge in [-0.2, -0.15) is 0 Å². The van der Waals surface area contributed by atoms with Crippen LogP contribution in [0, 0.1) is 0 Å². The molecule has 0 saturated carbocycles. The molecule has 76 valence electrons. The fourth-order valence-electron chi connectivity index (χ4n) is 1.87. The van der Waals surface area contributed by atoms with Gasteiger partial charge < -0.3 is 4.90 Å². The molecule has 0 radical (unpaired) electrons. The summed E-state index contributed by atoms with van der Waals surface area (Å²) in [5, 5.41) is 0. The van der Waals surface area contributed by atoms with Crippen molar-refractivity contribution in [3.8, 4) is 0 Å². The zero-order valence-electron chi connectivity index (χ0n) is 7.97. The third kappa shape index (κ3) is 2.51. The maximum atomic E-state index is 3.52. The van der Waals surface area contributed by atoms with Crippen LogP contribution in [0.4, 0.5) is 5.69 Å². The lowest BCUT2D eigenvalue weighted by molar-refractivity contribution is 0.578. The Labute approximate surface area is 102 Å². The first-order valence-electron chi connectivity index (χ1n) is 4.97. The molecule has 1 saturated heterocycles. The van der Waals surface area contributed by atoms with Crippen LogP contribution < -0.4 is 4.90 Å². The predicted molar refractivity (Wildman–Crippen MR) is 67.9 cm³/mol. The molecule has 0 spiro atoms. The summed E-state index contributed by atoms with van der Waals surface area (Å²) in [4.78, 5) is 2.46. The van der Waals surface area contributed by atoms with Gasteiger partial charge in [-0.05, 0) is 37.5 Å². The van der Waals surface area contributed by atoms with Gasteiger partial charge in [0.15, 0.2) is 0 Å². The van der Waals surface area contributed by atoms with Gasteiger partial charge >= 0.3 is 0 Å². The topological polar surface area (TPSA) is 3.24 Å². The normalized spacial score (nSPS) is 17.1. The van der Waals surface area contributed by atoms with Crippen LogP contribution in [0.3, 0.4) is 0 Å². The SMILES string of the molecule is Brc1cc(Br)cc(N2CCCCC2)c1. The Kier molecular flexibility index (Phi) is 3.50. The van der Waals surface area contributed by atoms with Crippen molar-refractivity contribution in [2.24, 2.45) is 0 Å². The zero-order valence-corrected chi connectivity index (χ0v) is 11.1. The van der Waals surface area contributed by atoms with Crippen molar-refractivity contribution in [3.63, 3.8) is 0 Å². The van der Waals surface area contributed by atoms with E-state index in [2.05, 4.69) is 55.0 Å². The van der Waals surface area contributed by atoms with Crippen LogP contribution >= 0.6 is 31.9 Å². The van der Waals surface area contributed by atoms with E-state index in [0.29, 0.717) is 0 Å². The molecule has 0 amide bonds. The van der Waals surface area contributed by atoms with E-state index in [1.54, 1.807) is 0 Å². The summed E-state index contributed by atoms with van der Waals surface area (Å²) in [5.74, 6) is 0. The second-order valence-electron chi connectivity index (χ2n) is 3.68. The number of nitrogens with zero attached hydrogens (tertiary/aromatic N) is 1. The van der Waals surface area contributed by atoms with Crippen LogP contribution in [0.25, 0.3) is 0 Å². The molecule has 3 heteroatoms. The summed E-state index contributed by atoms with van der Waals surface area (Å²) in [5.41, 5.74) is 1.32. The Balaban J connectivity index is 2.21. The lowest BCUT2D eigenvalue weighted by Crippen LogP contribution is -2.29. The molecular weight excluding hydrogens is 306 g/mol. The van der Waals surface area contributed by atoms with E-state index in [1.807, 2.05) is 0 Å². The Bertz CT molecular complexity index is 299. The van der Waals surface area contributed by atoms with E-state index in [0.717, 1.165) is 8.95 Å². The van der Waals surface area contributed by atoms with Gasteiger partial charge in [0, 0.05) is 27.7 Å². The summed E-state index contributed by atoms with van der Waals surface area (Å²) < 4.78 is 2.29. The van der Waals surface area contributed by atoms with Gasteiger partial charge in [0.2, 0.25) is 0 Å². The second-order valence-corrected chi connectivity index (χ2v) is 5.51. The molecular formula is C11H13Br2N. The van der Waals surface area contributed by atoms with Gasteiger partial charge in [-0.3, -0.25) is 0 Å². The predicted octanol–water partition coefficient (Wildman–Crippen LogP) is 4.20. The molecule has 0 aliphatic carbocycles. The van der Waals surface area contributed by atoms with Gasteiger partial charge in [-0.1, -0.05) is 31.9 Å². The number of hydrogen-bond acceptors (Lipinski definition) is 1. The number of anilines is 1. The van der Waals surface area contributed by atoms with Gasteiger partial charge in [0.05, 0.1) is 0 Å². The van der Waals surface area contributed by atoms with Crippen molar-refractivity contribution in [2.45, 2.75) is 19.3 Å². The number of piperidine rings is 1. The summed E-state index contributed by atoms with van der Waals surface area (Å²) in [7, 11) is 0. The first kappa shape index (κ1) is 10.5. The summed E-state index contributed by atoms with van der Waals surface area (Å²) >= 11 is 7.05. The molecule has 0 N–H and O–H groups in total. The molecule has 1 aromatic carbocycles. The average Bonchev–Trinajstić information content (AvgIpc) is 2.18. The van der Waals surface area contributed by atoms with E-state index in [4.69, 9.17) is 0 Å². The third-order valence-corrected chi connectivity index (χ3v) is 3.48. The fourth-order valence-corrected chi connectivity index (χ4v) is 3.14. The van der Waals surface area contributed by atoms with Crippen LogP contribution in [-0.4, -0.2) is 13.1 Å². The van der Waals surface area contributed by atoms with E-state index < -0.39 is 0 Å². The molecule has 0 atom stereocenters. The minimum atomic E-state index is 1.15. The third-order valence-electron chi connectivity index (χ3n) is 2.57. The summed E-state index contributed by atoms with van der Waals surface area (Å²) in [6.45, 7) is 2.39. The molecule has 0 aromatic heterocycles. The number of hydrogen-bond donors (Lipinski definition) is 0. The van der Waals surface area contributed by atoms with Gasteiger partial charge in [0.1, 0.15) is 0 Å². The van der Waals surface area contributed by atoms with Gasteiger partial charge in [-0.25, -0.2) is 0 Å². The lowest BCUT2D eigenvalue weighted by atomic mass is 10.1. The van der Waals surface area contributed by atoms with E-state index in [9.17, 15) is 0 Å². The minimum absolute atomic E-state index is 1.15. The van der Waals surface area contributed by atoms with Crippen LogP contribution in [0.1, 0.15) is 19.3 Å². The Morgan fingerprint density at radius 3 is 2.00 bits per heavy atom. The van der Waals surface area contributed by atoms with E-state index in [1.165, 1.54) is 38.0 Å². The van der Waals surface area contributed by atoms with Crippen LogP contribution in [-0.2, 0) is 0 Å². The van der Waals surface area contributed by atoms with E-state index >= 15 is 0 Å². The quantitative estimate of drug-likeness (QED) is 0.750. The molecule has 0 unspecified atom stereocenters. The standard InChI is InChI=1S/C11H13Br2N/c12-9-6-10(13)8-11(7-9)14-4-2-1-3-5-14/h6-8H,1-5H2. The van der Waals surface area contributed by atoms with Crippen molar-refractivity contribution >= 4 is 37.5 Å².